The number of rotatable bonds is 6. The zero-order valence-electron chi connectivity index (χ0n) is 10.5. The second kappa shape index (κ2) is 6.64. The number of aryl methyl sites for hydroxylation is 1. The minimum Gasteiger partial charge on any atom is -0.317 e. The summed E-state index contributed by atoms with van der Waals surface area (Å²) in [5.74, 6) is 0.554. The lowest BCUT2D eigenvalue weighted by Gasteiger charge is -2.19. The number of benzene rings is 1. The van der Waals surface area contributed by atoms with E-state index >= 15 is 0 Å². The van der Waals surface area contributed by atoms with E-state index in [-0.39, 0.29) is 5.82 Å². The molecule has 0 fully saturated rings. The van der Waals surface area contributed by atoms with E-state index in [4.69, 9.17) is 0 Å². The molecule has 1 aromatic rings. The fraction of sp³-hybridized carbons (Fsp3) is 0.571. The molecule has 90 valence electrons. The second-order valence-corrected chi connectivity index (χ2v) is 4.62. The largest absolute Gasteiger partial charge is 0.317 e. The molecular weight excluding hydrogens is 201 g/mol. The quantitative estimate of drug-likeness (QED) is 0.779. The molecule has 1 aromatic carbocycles. The first kappa shape index (κ1) is 13.2. The summed E-state index contributed by atoms with van der Waals surface area (Å²) >= 11 is 0. The summed E-state index contributed by atoms with van der Waals surface area (Å²) < 4.78 is 13.3. The van der Waals surface area contributed by atoms with Crippen molar-refractivity contribution in [3.8, 4) is 0 Å². The Morgan fingerprint density at radius 2 is 1.94 bits per heavy atom. The Bertz CT molecular complexity index is 309. The van der Waals surface area contributed by atoms with Crippen LogP contribution in [0.25, 0.3) is 0 Å². The molecule has 0 radical (unpaired) electrons. The van der Waals surface area contributed by atoms with Crippen LogP contribution in [-0.2, 0) is 6.42 Å². The third kappa shape index (κ3) is 3.93. The Kier molecular flexibility index (Phi) is 5.47. The number of halogens is 1. The van der Waals surface area contributed by atoms with Crippen molar-refractivity contribution in [1.29, 1.82) is 0 Å². The van der Waals surface area contributed by atoms with E-state index < -0.39 is 0 Å². The Balaban J connectivity index is 2.38. The van der Waals surface area contributed by atoms with Crippen LogP contribution in [0.5, 0.6) is 0 Å². The molecule has 1 rings (SSSR count). The van der Waals surface area contributed by atoms with Crippen molar-refractivity contribution in [3.63, 3.8) is 0 Å². The first-order valence-corrected chi connectivity index (χ1v) is 6.05. The number of hydrogen-bond acceptors (Lipinski definition) is 1. The van der Waals surface area contributed by atoms with Crippen molar-refractivity contribution in [2.75, 3.05) is 7.05 Å². The van der Waals surface area contributed by atoms with E-state index in [0.717, 1.165) is 24.8 Å². The predicted octanol–water partition coefficient (Wildman–Crippen LogP) is 3.39. The highest BCUT2D eigenvalue weighted by Gasteiger charge is 2.10. The molecule has 0 bridgehead atoms. The first-order chi connectivity index (χ1) is 7.65. The molecule has 1 N–H and O–H groups in total. The fourth-order valence-corrected chi connectivity index (χ4v) is 2.02. The zero-order chi connectivity index (χ0) is 12.0. The van der Waals surface area contributed by atoms with Gasteiger partial charge in [0.05, 0.1) is 0 Å². The van der Waals surface area contributed by atoms with Gasteiger partial charge >= 0.3 is 0 Å². The van der Waals surface area contributed by atoms with Gasteiger partial charge in [-0.1, -0.05) is 32.0 Å². The Morgan fingerprint density at radius 1 is 1.25 bits per heavy atom. The minimum absolute atomic E-state index is 0.0759. The van der Waals surface area contributed by atoms with Gasteiger partial charge in [-0.25, -0.2) is 4.39 Å². The molecule has 0 saturated heterocycles. The van der Waals surface area contributed by atoms with Gasteiger partial charge in [0.2, 0.25) is 0 Å². The molecule has 0 aliphatic rings. The second-order valence-electron chi connectivity index (χ2n) is 4.62. The zero-order valence-corrected chi connectivity index (χ0v) is 10.5. The van der Waals surface area contributed by atoms with E-state index in [1.165, 1.54) is 6.07 Å². The smallest absolute Gasteiger partial charge is 0.126 e. The van der Waals surface area contributed by atoms with Gasteiger partial charge in [-0.2, -0.15) is 0 Å². The van der Waals surface area contributed by atoms with E-state index in [2.05, 4.69) is 19.2 Å². The molecule has 1 atom stereocenters. The van der Waals surface area contributed by atoms with Crippen LogP contribution in [0.1, 0.15) is 32.3 Å². The van der Waals surface area contributed by atoms with Crippen LogP contribution in [-0.4, -0.2) is 13.1 Å². The van der Waals surface area contributed by atoms with E-state index in [9.17, 15) is 4.39 Å². The molecule has 1 unspecified atom stereocenters. The third-order valence-electron chi connectivity index (χ3n) is 3.09. The summed E-state index contributed by atoms with van der Waals surface area (Å²) in [7, 11) is 1.99. The molecule has 0 aliphatic heterocycles. The average Bonchev–Trinajstić information content (AvgIpc) is 2.26. The fourth-order valence-electron chi connectivity index (χ4n) is 2.02. The van der Waals surface area contributed by atoms with E-state index in [0.29, 0.717) is 12.0 Å². The van der Waals surface area contributed by atoms with Crippen LogP contribution in [0.15, 0.2) is 24.3 Å². The van der Waals surface area contributed by atoms with Gasteiger partial charge in [0, 0.05) is 6.04 Å². The molecule has 0 spiro atoms. The Hall–Kier alpha value is -0.890. The van der Waals surface area contributed by atoms with Gasteiger partial charge in [-0.3, -0.25) is 0 Å². The molecule has 1 nitrogen and oxygen atoms in total. The lowest BCUT2D eigenvalue weighted by molar-refractivity contribution is 0.392. The summed E-state index contributed by atoms with van der Waals surface area (Å²) in [6, 6.07) is 7.58. The predicted molar refractivity (Wildman–Crippen MR) is 67.0 cm³/mol. The maximum atomic E-state index is 13.3. The van der Waals surface area contributed by atoms with Gasteiger partial charge in [-0.05, 0) is 43.9 Å². The molecule has 0 saturated carbocycles. The van der Waals surface area contributed by atoms with Gasteiger partial charge in [0.15, 0.2) is 0 Å². The summed E-state index contributed by atoms with van der Waals surface area (Å²) in [5, 5.41) is 3.31. The lowest BCUT2D eigenvalue weighted by atomic mass is 9.97. The maximum Gasteiger partial charge on any atom is 0.126 e. The molecule has 0 heterocycles. The SMILES string of the molecule is CNC(CCCc1ccccc1F)C(C)C. The van der Waals surface area contributed by atoms with Crippen molar-refractivity contribution >= 4 is 0 Å². The van der Waals surface area contributed by atoms with Gasteiger partial charge < -0.3 is 5.32 Å². The normalized spacial score (nSPS) is 13.1. The van der Waals surface area contributed by atoms with Crippen LogP contribution >= 0.6 is 0 Å². The molecular formula is C14H22FN. The minimum atomic E-state index is -0.0759. The van der Waals surface area contributed by atoms with Gasteiger partial charge in [0.1, 0.15) is 5.82 Å². The van der Waals surface area contributed by atoms with Crippen molar-refractivity contribution in [2.45, 2.75) is 39.2 Å². The summed E-state index contributed by atoms with van der Waals surface area (Å²) in [5.41, 5.74) is 0.834. The molecule has 0 amide bonds. The molecule has 16 heavy (non-hydrogen) atoms. The van der Waals surface area contributed by atoms with E-state index in [1.807, 2.05) is 19.2 Å². The van der Waals surface area contributed by atoms with Gasteiger partial charge in [-0.15, -0.1) is 0 Å². The highest BCUT2D eigenvalue weighted by molar-refractivity contribution is 5.17. The Morgan fingerprint density at radius 3 is 2.50 bits per heavy atom. The van der Waals surface area contributed by atoms with Crippen LogP contribution < -0.4 is 5.32 Å². The topological polar surface area (TPSA) is 12.0 Å². The highest BCUT2D eigenvalue weighted by Crippen LogP contribution is 2.13. The summed E-state index contributed by atoms with van der Waals surface area (Å²) in [4.78, 5) is 0. The van der Waals surface area contributed by atoms with Crippen LogP contribution in [0, 0.1) is 11.7 Å². The number of hydrogen-bond donors (Lipinski definition) is 1. The van der Waals surface area contributed by atoms with Crippen LogP contribution in [0.4, 0.5) is 4.39 Å². The average molecular weight is 223 g/mol. The molecule has 0 aromatic heterocycles. The first-order valence-electron chi connectivity index (χ1n) is 6.05. The van der Waals surface area contributed by atoms with Gasteiger partial charge in [0.25, 0.3) is 0 Å². The molecule has 0 aliphatic carbocycles. The lowest BCUT2D eigenvalue weighted by Crippen LogP contribution is -2.30. The Labute approximate surface area is 98.1 Å². The number of nitrogens with one attached hydrogen (secondary N) is 1. The van der Waals surface area contributed by atoms with Crippen LogP contribution in [0.2, 0.25) is 0 Å². The van der Waals surface area contributed by atoms with Crippen molar-refractivity contribution < 1.29 is 4.39 Å². The molecule has 2 heteroatoms. The summed E-state index contributed by atoms with van der Waals surface area (Å²) in [6.07, 6.45) is 2.96. The maximum absolute atomic E-state index is 13.3. The van der Waals surface area contributed by atoms with Crippen molar-refractivity contribution in [3.05, 3.63) is 35.6 Å². The summed E-state index contributed by atoms with van der Waals surface area (Å²) in [6.45, 7) is 4.43. The monoisotopic (exact) mass is 223 g/mol. The van der Waals surface area contributed by atoms with Crippen LogP contribution in [0.3, 0.4) is 0 Å². The van der Waals surface area contributed by atoms with Crippen molar-refractivity contribution in [2.24, 2.45) is 5.92 Å². The highest BCUT2D eigenvalue weighted by atomic mass is 19.1. The third-order valence-corrected chi connectivity index (χ3v) is 3.09. The standard InChI is InChI=1S/C14H22FN/c1-11(2)14(16-3)10-6-8-12-7-4-5-9-13(12)15/h4-5,7,9,11,14,16H,6,8,10H2,1-3H3. The van der Waals surface area contributed by atoms with E-state index in [1.54, 1.807) is 6.07 Å². The van der Waals surface area contributed by atoms with Crippen molar-refractivity contribution in [1.82, 2.24) is 5.32 Å².